The number of carboxylic acids is 1. The number of carboxylic acid groups (broad SMARTS) is 1. The Kier molecular flexibility index (Phi) is 6.10. The van der Waals surface area contributed by atoms with Crippen LogP contribution in [0, 0.1) is 6.92 Å². The minimum atomic E-state index is -0.964. The molecule has 0 aliphatic carbocycles. The first-order valence-electron chi connectivity index (χ1n) is 6.08. The molecule has 5 nitrogen and oxygen atoms in total. The van der Waals surface area contributed by atoms with Gasteiger partial charge in [0.15, 0.2) is 0 Å². The second kappa shape index (κ2) is 7.36. The van der Waals surface area contributed by atoms with Gasteiger partial charge in [-0.1, -0.05) is 30.1 Å². The van der Waals surface area contributed by atoms with Crippen molar-refractivity contribution in [3.05, 3.63) is 27.7 Å². The molecule has 0 aromatic heterocycles. The second-order valence-corrected chi connectivity index (χ2v) is 5.20. The molecule has 7 heteroatoms. The van der Waals surface area contributed by atoms with Crippen LogP contribution < -0.4 is 10.6 Å². The van der Waals surface area contributed by atoms with E-state index in [2.05, 4.69) is 10.6 Å². The number of nitrogens with one attached hydrogen (secondary N) is 2. The molecule has 1 rings (SSSR count). The van der Waals surface area contributed by atoms with Gasteiger partial charge in [0.1, 0.15) is 0 Å². The minimum absolute atomic E-state index is 0.133. The van der Waals surface area contributed by atoms with Gasteiger partial charge in [0.25, 0.3) is 0 Å². The van der Waals surface area contributed by atoms with Crippen LogP contribution in [0.25, 0.3) is 0 Å². The SMILES string of the molecule is CCC(CC(=O)O)NC(=O)Nc1cc(Cl)c(C)cc1Cl. The van der Waals surface area contributed by atoms with Crippen LogP contribution in [-0.4, -0.2) is 23.1 Å². The Morgan fingerprint density at radius 3 is 2.50 bits per heavy atom. The highest BCUT2D eigenvalue weighted by molar-refractivity contribution is 6.36. The molecule has 0 aliphatic heterocycles. The average Bonchev–Trinajstić information content (AvgIpc) is 2.34. The lowest BCUT2D eigenvalue weighted by Crippen LogP contribution is -2.38. The molecule has 1 atom stereocenters. The van der Waals surface area contributed by atoms with E-state index in [0.717, 1.165) is 5.56 Å². The predicted octanol–water partition coefficient (Wildman–Crippen LogP) is 3.68. The molecule has 0 fully saturated rings. The lowest BCUT2D eigenvalue weighted by Gasteiger charge is -2.16. The maximum atomic E-state index is 11.8. The summed E-state index contributed by atoms with van der Waals surface area (Å²) in [5, 5.41) is 14.7. The van der Waals surface area contributed by atoms with E-state index in [1.54, 1.807) is 26.0 Å². The van der Waals surface area contributed by atoms with Crippen molar-refractivity contribution in [2.24, 2.45) is 0 Å². The van der Waals surface area contributed by atoms with E-state index in [9.17, 15) is 9.59 Å². The van der Waals surface area contributed by atoms with Crippen LogP contribution in [0.2, 0.25) is 10.0 Å². The number of benzene rings is 1. The van der Waals surface area contributed by atoms with Crippen molar-refractivity contribution in [3.63, 3.8) is 0 Å². The number of anilines is 1. The van der Waals surface area contributed by atoms with E-state index in [1.807, 2.05) is 0 Å². The number of urea groups is 1. The van der Waals surface area contributed by atoms with Gasteiger partial charge < -0.3 is 15.7 Å². The molecular weight excluding hydrogens is 303 g/mol. The fraction of sp³-hybridized carbons (Fsp3) is 0.385. The summed E-state index contributed by atoms with van der Waals surface area (Å²) in [7, 11) is 0. The summed E-state index contributed by atoms with van der Waals surface area (Å²) in [6.45, 7) is 3.60. The molecule has 20 heavy (non-hydrogen) atoms. The molecule has 0 bridgehead atoms. The van der Waals surface area contributed by atoms with Crippen molar-refractivity contribution < 1.29 is 14.7 Å². The summed E-state index contributed by atoms with van der Waals surface area (Å²) in [5.74, 6) is -0.964. The van der Waals surface area contributed by atoms with Crippen LogP contribution in [-0.2, 0) is 4.79 Å². The van der Waals surface area contributed by atoms with Gasteiger partial charge in [0, 0.05) is 11.1 Å². The van der Waals surface area contributed by atoms with Crippen LogP contribution in [0.5, 0.6) is 0 Å². The first-order chi connectivity index (χ1) is 9.33. The smallest absolute Gasteiger partial charge is 0.319 e. The Bertz CT molecular complexity index is 521. The lowest BCUT2D eigenvalue weighted by molar-refractivity contribution is -0.137. The van der Waals surface area contributed by atoms with Crippen LogP contribution in [0.15, 0.2) is 12.1 Å². The normalized spacial score (nSPS) is 11.8. The fourth-order valence-electron chi connectivity index (χ4n) is 1.59. The highest BCUT2D eigenvalue weighted by Crippen LogP contribution is 2.28. The minimum Gasteiger partial charge on any atom is -0.481 e. The summed E-state index contributed by atoms with van der Waals surface area (Å²) >= 11 is 12.0. The Labute approximate surface area is 127 Å². The van der Waals surface area contributed by atoms with E-state index in [-0.39, 0.29) is 6.42 Å². The van der Waals surface area contributed by atoms with Crippen LogP contribution in [0.1, 0.15) is 25.3 Å². The summed E-state index contributed by atoms with van der Waals surface area (Å²) in [6, 6.07) is 2.25. The number of amides is 2. The Balaban J connectivity index is 2.71. The van der Waals surface area contributed by atoms with Crippen molar-refractivity contribution in [2.75, 3.05) is 5.32 Å². The van der Waals surface area contributed by atoms with Gasteiger partial charge in [-0.25, -0.2) is 4.79 Å². The first kappa shape index (κ1) is 16.6. The largest absolute Gasteiger partial charge is 0.481 e. The summed E-state index contributed by atoms with van der Waals surface area (Å²) in [4.78, 5) is 22.4. The van der Waals surface area contributed by atoms with Crippen molar-refractivity contribution >= 4 is 40.9 Å². The third-order valence-electron chi connectivity index (χ3n) is 2.75. The molecule has 1 aromatic carbocycles. The van der Waals surface area contributed by atoms with Gasteiger partial charge in [0.2, 0.25) is 0 Å². The number of carbonyl (C=O) groups is 2. The zero-order valence-electron chi connectivity index (χ0n) is 11.2. The number of rotatable bonds is 5. The zero-order valence-corrected chi connectivity index (χ0v) is 12.7. The van der Waals surface area contributed by atoms with E-state index in [0.29, 0.717) is 22.2 Å². The number of halogens is 2. The second-order valence-electron chi connectivity index (χ2n) is 4.38. The average molecular weight is 319 g/mol. The van der Waals surface area contributed by atoms with Crippen LogP contribution >= 0.6 is 23.2 Å². The highest BCUT2D eigenvalue weighted by Gasteiger charge is 2.15. The lowest BCUT2D eigenvalue weighted by atomic mass is 10.1. The Morgan fingerprint density at radius 2 is 1.95 bits per heavy atom. The van der Waals surface area contributed by atoms with E-state index >= 15 is 0 Å². The molecule has 1 aromatic rings. The number of hydrogen-bond acceptors (Lipinski definition) is 2. The molecular formula is C13H16Cl2N2O3. The van der Waals surface area contributed by atoms with Gasteiger partial charge in [-0.05, 0) is 31.0 Å². The zero-order chi connectivity index (χ0) is 15.3. The van der Waals surface area contributed by atoms with Gasteiger partial charge in [-0.3, -0.25) is 4.79 Å². The molecule has 0 aliphatic rings. The molecule has 0 saturated carbocycles. The van der Waals surface area contributed by atoms with Gasteiger partial charge in [0.05, 0.1) is 17.1 Å². The summed E-state index contributed by atoms with van der Waals surface area (Å²) < 4.78 is 0. The quantitative estimate of drug-likeness (QED) is 0.775. The summed E-state index contributed by atoms with van der Waals surface area (Å²) in [6.07, 6.45) is 0.383. The van der Waals surface area contributed by atoms with Crippen molar-refractivity contribution in [1.82, 2.24) is 5.32 Å². The predicted molar refractivity (Wildman–Crippen MR) is 79.7 cm³/mol. The maximum Gasteiger partial charge on any atom is 0.319 e. The molecule has 0 radical (unpaired) electrons. The van der Waals surface area contributed by atoms with Crippen LogP contribution in [0.4, 0.5) is 10.5 Å². The van der Waals surface area contributed by atoms with Crippen LogP contribution in [0.3, 0.4) is 0 Å². The molecule has 0 saturated heterocycles. The standard InChI is InChI=1S/C13H16Cl2N2O3/c1-3-8(5-12(18)19)16-13(20)17-11-6-9(14)7(2)4-10(11)15/h4,6,8H,3,5H2,1-2H3,(H,18,19)(H2,16,17,20). The number of aliphatic carboxylic acids is 1. The highest BCUT2D eigenvalue weighted by atomic mass is 35.5. The van der Waals surface area contributed by atoms with Crippen molar-refractivity contribution in [3.8, 4) is 0 Å². The fourth-order valence-corrected chi connectivity index (χ4v) is 2.02. The molecule has 3 N–H and O–H groups in total. The van der Waals surface area contributed by atoms with Gasteiger partial charge in [-0.2, -0.15) is 0 Å². The molecule has 0 heterocycles. The monoisotopic (exact) mass is 318 g/mol. The van der Waals surface area contributed by atoms with E-state index < -0.39 is 18.0 Å². The maximum absolute atomic E-state index is 11.8. The third kappa shape index (κ3) is 4.90. The molecule has 2 amide bonds. The number of carbonyl (C=O) groups excluding carboxylic acids is 1. The van der Waals surface area contributed by atoms with Gasteiger partial charge >= 0.3 is 12.0 Å². The topological polar surface area (TPSA) is 78.4 Å². The Hall–Kier alpha value is -1.46. The third-order valence-corrected chi connectivity index (χ3v) is 3.47. The Morgan fingerprint density at radius 1 is 1.30 bits per heavy atom. The number of hydrogen-bond donors (Lipinski definition) is 3. The van der Waals surface area contributed by atoms with Gasteiger partial charge in [-0.15, -0.1) is 0 Å². The first-order valence-corrected chi connectivity index (χ1v) is 6.84. The van der Waals surface area contributed by atoms with Crippen molar-refractivity contribution in [1.29, 1.82) is 0 Å². The summed E-state index contributed by atoms with van der Waals surface area (Å²) in [5.41, 5.74) is 1.19. The van der Waals surface area contributed by atoms with E-state index in [4.69, 9.17) is 28.3 Å². The number of aryl methyl sites for hydroxylation is 1. The molecule has 1 unspecified atom stereocenters. The van der Waals surface area contributed by atoms with Crippen molar-refractivity contribution in [2.45, 2.75) is 32.7 Å². The molecule has 0 spiro atoms. The molecule has 110 valence electrons. The van der Waals surface area contributed by atoms with E-state index in [1.165, 1.54) is 0 Å².